The summed E-state index contributed by atoms with van der Waals surface area (Å²) in [4.78, 5) is 4.36. The van der Waals surface area contributed by atoms with Crippen molar-refractivity contribution in [2.24, 2.45) is 0 Å². The number of thiophene rings is 1. The number of pyridine rings is 1. The van der Waals surface area contributed by atoms with Gasteiger partial charge in [0.1, 0.15) is 11.6 Å². The van der Waals surface area contributed by atoms with Crippen molar-refractivity contribution in [3.63, 3.8) is 0 Å². The Labute approximate surface area is 119 Å². The zero-order valence-corrected chi connectivity index (χ0v) is 11.5. The van der Waals surface area contributed by atoms with E-state index in [0.717, 1.165) is 21.8 Å². The third-order valence-corrected chi connectivity index (χ3v) is 4.02. The molecule has 0 saturated carbocycles. The lowest BCUT2D eigenvalue weighted by atomic mass is 10.00. The van der Waals surface area contributed by atoms with Gasteiger partial charge in [-0.2, -0.15) is 0 Å². The summed E-state index contributed by atoms with van der Waals surface area (Å²) in [6.07, 6.45) is 1.74. The van der Waals surface area contributed by atoms with Crippen molar-refractivity contribution >= 4 is 21.6 Å². The van der Waals surface area contributed by atoms with Crippen molar-refractivity contribution in [3.05, 3.63) is 64.7 Å². The summed E-state index contributed by atoms with van der Waals surface area (Å²) in [6.45, 7) is 0. The van der Waals surface area contributed by atoms with E-state index in [9.17, 15) is 8.78 Å². The number of hydrogen-bond acceptors (Lipinski definition) is 3. The maximum Gasteiger partial charge on any atom is 0.126 e. The van der Waals surface area contributed by atoms with Gasteiger partial charge in [0.25, 0.3) is 0 Å². The van der Waals surface area contributed by atoms with Gasteiger partial charge in [-0.1, -0.05) is 0 Å². The fraction of sp³-hybridized carbons (Fsp3) is 0.133. The molecule has 5 heteroatoms. The first-order valence-corrected chi connectivity index (χ1v) is 7.02. The van der Waals surface area contributed by atoms with Gasteiger partial charge in [-0.25, -0.2) is 8.78 Å². The van der Waals surface area contributed by atoms with E-state index in [0.29, 0.717) is 5.56 Å². The van der Waals surface area contributed by atoms with Crippen molar-refractivity contribution in [1.82, 2.24) is 10.3 Å². The Kier molecular flexibility index (Phi) is 3.46. The second-order valence-corrected chi connectivity index (χ2v) is 5.44. The second-order valence-electron chi connectivity index (χ2n) is 4.50. The molecule has 0 spiro atoms. The molecule has 0 amide bonds. The van der Waals surface area contributed by atoms with E-state index in [2.05, 4.69) is 10.3 Å². The molecular weight excluding hydrogens is 278 g/mol. The molecule has 0 radical (unpaired) electrons. The average Bonchev–Trinajstić information content (AvgIpc) is 2.86. The van der Waals surface area contributed by atoms with Crippen LogP contribution in [0.3, 0.4) is 0 Å². The predicted molar refractivity (Wildman–Crippen MR) is 76.9 cm³/mol. The SMILES string of the molecule is CNC(c1cc(F)cc(F)c1)c1cnc2ccsc2c1. The van der Waals surface area contributed by atoms with Gasteiger partial charge in [-0.3, -0.25) is 4.98 Å². The maximum atomic E-state index is 13.4. The molecule has 0 aliphatic carbocycles. The Morgan fingerprint density at radius 2 is 1.85 bits per heavy atom. The lowest BCUT2D eigenvalue weighted by Crippen LogP contribution is -2.18. The average molecular weight is 290 g/mol. The molecule has 0 aliphatic heterocycles. The van der Waals surface area contributed by atoms with Crippen molar-refractivity contribution in [2.45, 2.75) is 6.04 Å². The first-order valence-electron chi connectivity index (χ1n) is 6.14. The van der Waals surface area contributed by atoms with Gasteiger partial charge < -0.3 is 5.32 Å². The summed E-state index contributed by atoms with van der Waals surface area (Å²) in [5, 5.41) is 5.05. The topological polar surface area (TPSA) is 24.9 Å². The van der Waals surface area contributed by atoms with E-state index in [1.807, 2.05) is 17.5 Å². The van der Waals surface area contributed by atoms with Gasteiger partial charge in [0.15, 0.2) is 0 Å². The van der Waals surface area contributed by atoms with E-state index >= 15 is 0 Å². The molecule has 1 aromatic carbocycles. The first kappa shape index (κ1) is 13.1. The van der Waals surface area contributed by atoms with Crippen molar-refractivity contribution in [2.75, 3.05) is 7.05 Å². The second kappa shape index (κ2) is 5.26. The highest BCUT2D eigenvalue weighted by Gasteiger charge is 2.15. The predicted octanol–water partition coefficient (Wildman–Crippen LogP) is 3.88. The van der Waals surface area contributed by atoms with Crippen LogP contribution in [0, 0.1) is 11.6 Å². The summed E-state index contributed by atoms with van der Waals surface area (Å²) in [7, 11) is 1.76. The Morgan fingerprint density at radius 1 is 1.10 bits per heavy atom. The fourth-order valence-electron chi connectivity index (χ4n) is 2.29. The molecule has 0 aliphatic rings. The molecule has 0 bridgehead atoms. The van der Waals surface area contributed by atoms with E-state index < -0.39 is 11.6 Å². The number of fused-ring (bicyclic) bond motifs is 1. The van der Waals surface area contributed by atoms with Crippen LogP contribution in [-0.2, 0) is 0 Å². The number of halogens is 2. The molecule has 2 aromatic heterocycles. The minimum atomic E-state index is -0.578. The molecule has 20 heavy (non-hydrogen) atoms. The fourth-order valence-corrected chi connectivity index (χ4v) is 3.08. The summed E-state index contributed by atoms with van der Waals surface area (Å²) >= 11 is 1.59. The van der Waals surface area contributed by atoms with Crippen LogP contribution in [0.5, 0.6) is 0 Å². The van der Waals surface area contributed by atoms with Crippen LogP contribution in [0.1, 0.15) is 17.2 Å². The lowest BCUT2D eigenvalue weighted by Gasteiger charge is -2.17. The normalized spacial score (nSPS) is 12.8. The van der Waals surface area contributed by atoms with E-state index in [1.165, 1.54) is 12.1 Å². The van der Waals surface area contributed by atoms with Crippen LogP contribution in [0.4, 0.5) is 8.78 Å². The molecule has 102 valence electrons. The van der Waals surface area contributed by atoms with Gasteiger partial charge in [0, 0.05) is 12.3 Å². The molecule has 1 unspecified atom stereocenters. The van der Waals surface area contributed by atoms with Crippen LogP contribution < -0.4 is 5.32 Å². The first-order chi connectivity index (χ1) is 9.67. The zero-order chi connectivity index (χ0) is 14.1. The molecule has 0 saturated heterocycles. The number of rotatable bonds is 3. The Bertz CT molecular complexity index is 734. The molecular formula is C15H12F2N2S. The number of benzene rings is 1. The van der Waals surface area contributed by atoms with Crippen LogP contribution in [0.25, 0.3) is 10.2 Å². The van der Waals surface area contributed by atoms with Crippen LogP contribution >= 0.6 is 11.3 Å². The molecule has 2 heterocycles. The third kappa shape index (κ3) is 2.42. The smallest absolute Gasteiger partial charge is 0.126 e. The Morgan fingerprint density at radius 3 is 2.55 bits per heavy atom. The Hall–Kier alpha value is -1.85. The van der Waals surface area contributed by atoms with Gasteiger partial charge in [0.2, 0.25) is 0 Å². The summed E-state index contributed by atoms with van der Waals surface area (Å²) in [5.74, 6) is -1.16. The monoisotopic (exact) mass is 290 g/mol. The minimum Gasteiger partial charge on any atom is -0.309 e. The van der Waals surface area contributed by atoms with Crippen LogP contribution in [-0.4, -0.2) is 12.0 Å². The van der Waals surface area contributed by atoms with E-state index in [-0.39, 0.29) is 6.04 Å². The lowest BCUT2D eigenvalue weighted by molar-refractivity contribution is 0.571. The highest BCUT2D eigenvalue weighted by atomic mass is 32.1. The Balaban J connectivity index is 2.07. The van der Waals surface area contributed by atoms with Crippen LogP contribution in [0.2, 0.25) is 0 Å². The largest absolute Gasteiger partial charge is 0.309 e. The number of nitrogens with one attached hydrogen (secondary N) is 1. The van der Waals surface area contributed by atoms with Gasteiger partial charge in [0.05, 0.1) is 16.3 Å². The maximum absolute atomic E-state index is 13.4. The third-order valence-electron chi connectivity index (χ3n) is 3.16. The highest BCUT2D eigenvalue weighted by Crippen LogP contribution is 2.27. The molecule has 3 aromatic rings. The highest BCUT2D eigenvalue weighted by molar-refractivity contribution is 7.17. The van der Waals surface area contributed by atoms with Gasteiger partial charge in [-0.15, -0.1) is 11.3 Å². The number of aromatic nitrogens is 1. The van der Waals surface area contributed by atoms with E-state index in [4.69, 9.17) is 0 Å². The minimum absolute atomic E-state index is 0.292. The quantitative estimate of drug-likeness (QED) is 0.791. The molecule has 1 N–H and O–H groups in total. The summed E-state index contributed by atoms with van der Waals surface area (Å²) < 4.78 is 27.8. The standard InChI is InChI=1S/C15H12F2N2S/c1-18-15(9-4-11(16)7-12(17)5-9)10-6-14-13(19-8-10)2-3-20-14/h2-8,15,18H,1H3. The van der Waals surface area contributed by atoms with Gasteiger partial charge in [-0.05, 0) is 47.8 Å². The summed E-state index contributed by atoms with van der Waals surface area (Å²) in [6, 6.07) is 7.19. The summed E-state index contributed by atoms with van der Waals surface area (Å²) in [5.41, 5.74) is 2.36. The molecule has 3 rings (SSSR count). The van der Waals surface area contributed by atoms with E-state index in [1.54, 1.807) is 24.6 Å². The van der Waals surface area contributed by atoms with Crippen molar-refractivity contribution in [1.29, 1.82) is 0 Å². The molecule has 0 fully saturated rings. The van der Waals surface area contributed by atoms with Crippen molar-refractivity contribution < 1.29 is 8.78 Å². The van der Waals surface area contributed by atoms with Crippen LogP contribution in [0.15, 0.2) is 41.9 Å². The van der Waals surface area contributed by atoms with Crippen molar-refractivity contribution in [3.8, 4) is 0 Å². The number of nitrogens with zero attached hydrogens (tertiary/aromatic N) is 1. The molecule has 2 nitrogen and oxygen atoms in total. The van der Waals surface area contributed by atoms with Gasteiger partial charge >= 0.3 is 0 Å². The zero-order valence-electron chi connectivity index (χ0n) is 10.7. The molecule has 1 atom stereocenters. The number of hydrogen-bond donors (Lipinski definition) is 1.